The van der Waals surface area contributed by atoms with Gasteiger partial charge in [0, 0.05) is 6.04 Å². The van der Waals surface area contributed by atoms with Gasteiger partial charge < -0.3 is 4.90 Å². The van der Waals surface area contributed by atoms with Crippen molar-refractivity contribution in [3.63, 3.8) is 0 Å². The predicted molar refractivity (Wildman–Crippen MR) is 93.2 cm³/mol. The molecule has 0 atom stereocenters. The van der Waals surface area contributed by atoms with E-state index in [0.717, 1.165) is 51.7 Å². The Balaban J connectivity index is 1.65. The smallest absolute Gasteiger partial charge is 0.240 e. The summed E-state index contributed by atoms with van der Waals surface area (Å²) in [5.74, 6) is 0. The van der Waals surface area contributed by atoms with Gasteiger partial charge in [0.1, 0.15) is 0 Å². The molecular weight excluding hydrogens is 308 g/mol. The summed E-state index contributed by atoms with van der Waals surface area (Å²) in [7, 11) is -3.39. The van der Waals surface area contributed by atoms with Crippen molar-refractivity contribution < 1.29 is 8.42 Å². The fourth-order valence-electron chi connectivity index (χ4n) is 3.76. The zero-order chi connectivity index (χ0) is 16.3. The molecule has 1 fully saturated rings. The van der Waals surface area contributed by atoms with Gasteiger partial charge in [0.2, 0.25) is 10.0 Å². The van der Waals surface area contributed by atoms with Crippen LogP contribution in [0.2, 0.25) is 0 Å². The second-order valence-corrected chi connectivity index (χ2v) is 8.59. The van der Waals surface area contributed by atoms with E-state index in [1.54, 1.807) is 6.07 Å². The molecule has 4 nitrogen and oxygen atoms in total. The molecule has 2 aliphatic rings. The topological polar surface area (TPSA) is 49.4 Å². The van der Waals surface area contributed by atoms with Crippen molar-refractivity contribution in [2.45, 2.75) is 62.8 Å². The van der Waals surface area contributed by atoms with Gasteiger partial charge in [-0.15, -0.1) is 0 Å². The van der Waals surface area contributed by atoms with E-state index in [-0.39, 0.29) is 6.04 Å². The second-order valence-electron chi connectivity index (χ2n) is 6.87. The van der Waals surface area contributed by atoms with E-state index in [1.165, 1.54) is 24.0 Å². The zero-order valence-electron chi connectivity index (χ0n) is 14.1. The van der Waals surface area contributed by atoms with Gasteiger partial charge in [0.25, 0.3) is 0 Å². The number of likely N-dealkylation sites (tertiary alicyclic amines) is 1. The van der Waals surface area contributed by atoms with Crippen LogP contribution < -0.4 is 4.72 Å². The average Bonchev–Trinajstić information content (AvgIpc) is 2.56. The number of hydrogen-bond donors (Lipinski definition) is 1. The summed E-state index contributed by atoms with van der Waals surface area (Å²) < 4.78 is 28.3. The van der Waals surface area contributed by atoms with E-state index in [1.807, 2.05) is 12.1 Å². The van der Waals surface area contributed by atoms with Crippen molar-refractivity contribution in [2.24, 2.45) is 0 Å². The Morgan fingerprint density at radius 2 is 1.83 bits per heavy atom. The van der Waals surface area contributed by atoms with E-state index >= 15 is 0 Å². The van der Waals surface area contributed by atoms with Crippen LogP contribution in [0.4, 0.5) is 0 Å². The Labute approximate surface area is 140 Å². The molecule has 1 aromatic carbocycles. The summed E-state index contributed by atoms with van der Waals surface area (Å²) in [6.45, 7) is 5.28. The monoisotopic (exact) mass is 336 g/mol. The molecule has 0 unspecified atom stereocenters. The van der Waals surface area contributed by atoms with Crippen LogP contribution in [-0.2, 0) is 22.9 Å². The molecule has 1 aliphatic carbocycles. The molecule has 0 bridgehead atoms. The predicted octanol–water partition coefficient (Wildman–Crippen LogP) is 2.72. The first-order chi connectivity index (χ1) is 11.1. The maximum atomic E-state index is 12.7. The lowest BCUT2D eigenvalue weighted by atomic mass is 9.92. The average molecular weight is 337 g/mol. The van der Waals surface area contributed by atoms with E-state index in [0.29, 0.717) is 4.90 Å². The number of nitrogens with one attached hydrogen (secondary N) is 1. The summed E-state index contributed by atoms with van der Waals surface area (Å²) in [5, 5.41) is 0. The van der Waals surface area contributed by atoms with Crippen molar-refractivity contribution in [3.05, 3.63) is 29.3 Å². The number of aryl methyl sites for hydroxylation is 2. The second kappa shape index (κ2) is 7.32. The van der Waals surface area contributed by atoms with Gasteiger partial charge in [-0.2, -0.15) is 0 Å². The number of piperidine rings is 1. The lowest BCUT2D eigenvalue weighted by molar-refractivity contribution is 0.208. The van der Waals surface area contributed by atoms with Gasteiger partial charge in [-0.05, 0) is 87.8 Å². The van der Waals surface area contributed by atoms with E-state index in [2.05, 4.69) is 16.5 Å². The van der Waals surface area contributed by atoms with Crippen LogP contribution >= 0.6 is 0 Å². The van der Waals surface area contributed by atoms with Gasteiger partial charge in [-0.1, -0.05) is 13.0 Å². The van der Waals surface area contributed by atoms with Crippen molar-refractivity contribution in [2.75, 3.05) is 19.6 Å². The molecule has 128 valence electrons. The third-order valence-corrected chi connectivity index (χ3v) is 6.60. The van der Waals surface area contributed by atoms with Crippen molar-refractivity contribution in [1.82, 2.24) is 9.62 Å². The summed E-state index contributed by atoms with van der Waals surface area (Å²) in [6.07, 6.45) is 7.44. The minimum atomic E-state index is -3.39. The molecule has 0 spiro atoms. The van der Waals surface area contributed by atoms with Crippen molar-refractivity contribution in [3.8, 4) is 0 Å². The lowest BCUT2D eigenvalue weighted by Crippen LogP contribution is -2.44. The highest BCUT2D eigenvalue weighted by Crippen LogP contribution is 2.24. The van der Waals surface area contributed by atoms with Crippen LogP contribution in [0.15, 0.2) is 23.1 Å². The summed E-state index contributed by atoms with van der Waals surface area (Å²) >= 11 is 0. The van der Waals surface area contributed by atoms with Crippen LogP contribution in [-0.4, -0.2) is 39.0 Å². The third-order valence-electron chi connectivity index (χ3n) is 5.08. The molecule has 23 heavy (non-hydrogen) atoms. The molecule has 0 saturated carbocycles. The summed E-state index contributed by atoms with van der Waals surface area (Å²) in [4.78, 5) is 2.86. The molecular formula is C18H28N2O2S. The first-order valence-electron chi connectivity index (χ1n) is 8.95. The van der Waals surface area contributed by atoms with Crippen LogP contribution in [0, 0.1) is 0 Å². The minimum Gasteiger partial charge on any atom is -0.303 e. The molecule has 3 rings (SSSR count). The highest BCUT2D eigenvalue weighted by molar-refractivity contribution is 7.89. The first-order valence-corrected chi connectivity index (χ1v) is 10.4. The third kappa shape index (κ3) is 4.14. The van der Waals surface area contributed by atoms with E-state index in [4.69, 9.17) is 0 Å². The maximum absolute atomic E-state index is 12.7. The fourth-order valence-corrected chi connectivity index (χ4v) is 5.11. The number of hydrogen-bond acceptors (Lipinski definition) is 3. The van der Waals surface area contributed by atoms with Gasteiger partial charge >= 0.3 is 0 Å². The highest BCUT2D eigenvalue weighted by Gasteiger charge is 2.25. The van der Waals surface area contributed by atoms with Gasteiger partial charge in [0.05, 0.1) is 4.90 Å². The van der Waals surface area contributed by atoms with Crippen LogP contribution in [0.1, 0.15) is 50.2 Å². The standard InChI is InChI=1S/C18H28N2O2S/c1-2-11-20-12-9-17(10-13-20)19-23(21,22)18-8-7-15-5-3-4-6-16(15)14-18/h7-8,14,17,19H,2-6,9-13H2,1H3. The molecule has 5 heteroatoms. The Bertz CT molecular complexity index is 634. The number of rotatable bonds is 5. The number of fused-ring (bicyclic) bond motifs is 1. The Hall–Kier alpha value is -0.910. The van der Waals surface area contributed by atoms with Crippen molar-refractivity contribution in [1.29, 1.82) is 0 Å². The number of benzene rings is 1. The zero-order valence-corrected chi connectivity index (χ0v) is 14.9. The number of nitrogens with zero attached hydrogens (tertiary/aromatic N) is 1. The largest absolute Gasteiger partial charge is 0.303 e. The Kier molecular flexibility index (Phi) is 5.39. The van der Waals surface area contributed by atoms with E-state index < -0.39 is 10.0 Å². The van der Waals surface area contributed by atoms with Gasteiger partial charge in [-0.25, -0.2) is 13.1 Å². The molecule has 1 saturated heterocycles. The lowest BCUT2D eigenvalue weighted by Gasteiger charge is -2.32. The molecule has 1 aliphatic heterocycles. The molecule has 1 heterocycles. The maximum Gasteiger partial charge on any atom is 0.240 e. The van der Waals surface area contributed by atoms with Gasteiger partial charge in [0.15, 0.2) is 0 Å². The molecule has 0 radical (unpaired) electrons. The van der Waals surface area contributed by atoms with Crippen LogP contribution in [0.25, 0.3) is 0 Å². The van der Waals surface area contributed by atoms with Gasteiger partial charge in [-0.3, -0.25) is 0 Å². The summed E-state index contributed by atoms with van der Waals surface area (Å²) in [5.41, 5.74) is 2.54. The molecule has 1 N–H and O–H groups in total. The number of sulfonamides is 1. The van der Waals surface area contributed by atoms with E-state index in [9.17, 15) is 8.42 Å². The van der Waals surface area contributed by atoms with Crippen LogP contribution in [0.5, 0.6) is 0 Å². The molecule has 0 amide bonds. The summed E-state index contributed by atoms with van der Waals surface area (Å²) in [6, 6.07) is 5.75. The van der Waals surface area contributed by atoms with Crippen molar-refractivity contribution >= 4 is 10.0 Å². The fraction of sp³-hybridized carbons (Fsp3) is 0.667. The highest BCUT2D eigenvalue weighted by atomic mass is 32.2. The van der Waals surface area contributed by atoms with Crippen LogP contribution in [0.3, 0.4) is 0 Å². The quantitative estimate of drug-likeness (QED) is 0.899. The molecule has 1 aromatic rings. The SMILES string of the molecule is CCCN1CCC(NS(=O)(=O)c2ccc3c(c2)CCCC3)CC1. The molecule has 0 aromatic heterocycles. The minimum absolute atomic E-state index is 0.0733. The Morgan fingerprint density at radius 3 is 2.52 bits per heavy atom. The normalized spacial score (nSPS) is 20.4. The Morgan fingerprint density at radius 1 is 1.13 bits per heavy atom. The first kappa shape index (κ1) is 16.9.